The van der Waals surface area contributed by atoms with Gasteiger partial charge in [0, 0.05) is 17.5 Å². The number of rotatable bonds is 2. The Kier molecular flexibility index (Phi) is 3.57. The van der Waals surface area contributed by atoms with Crippen molar-refractivity contribution in [2.75, 3.05) is 0 Å². The van der Waals surface area contributed by atoms with Crippen LogP contribution >= 0.6 is 0 Å². The molecule has 19 heavy (non-hydrogen) atoms. The summed E-state index contributed by atoms with van der Waals surface area (Å²) in [5.41, 5.74) is 0.685. The third kappa shape index (κ3) is 2.93. The molecule has 0 aliphatic rings. The second-order valence-corrected chi connectivity index (χ2v) is 4.22. The summed E-state index contributed by atoms with van der Waals surface area (Å²) >= 11 is 0. The molecule has 1 aromatic heterocycles. The molecule has 0 unspecified atom stereocenters. The van der Waals surface area contributed by atoms with Crippen molar-refractivity contribution in [1.82, 2.24) is 4.98 Å². The molecule has 0 aliphatic heterocycles. The van der Waals surface area contributed by atoms with Crippen molar-refractivity contribution in [2.24, 2.45) is 0 Å². The molecule has 0 amide bonds. The van der Waals surface area contributed by atoms with E-state index >= 15 is 0 Å². The minimum absolute atomic E-state index is 0.0669. The number of halogens is 3. The molecule has 5 heteroatoms. The molecule has 0 bridgehead atoms. The van der Waals surface area contributed by atoms with Crippen molar-refractivity contribution in [1.29, 1.82) is 0 Å². The Morgan fingerprint density at radius 3 is 2.42 bits per heavy atom. The summed E-state index contributed by atoms with van der Waals surface area (Å²) in [6.45, 7) is 1.35. The van der Waals surface area contributed by atoms with E-state index in [0.717, 1.165) is 11.8 Å². The number of aliphatic hydroxyl groups is 1. The molecule has 0 fully saturated rings. The van der Waals surface area contributed by atoms with E-state index in [9.17, 15) is 13.2 Å². The van der Waals surface area contributed by atoms with Crippen LogP contribution in [0.3, 0.4) is 0 Å². The van der Waals surface area contributed by atoms with Gasteiger partial charge in [0.05, 0.1) is 12.2 Å². The predicted octanol–water partition coefficient (Wildman–Crippen LogP) is 3.57. The monoisotopic (exact) mass is 267 g/mol. The van der Waals surface area contributed by atoms with Crippen molar-refractivity contribution in [3.63, 3.8) is 0 Å². The topological polar surface area (TPSA) is 33.1 Å². The van der Waals surface area contributed by atoms with E-state index in [4.69, 9.17) is 5.11 Å². The minimum Gasteiger partial charge on any atom is -0.392 e. The van der Waals surface area contributed by atoms with E-state index in [1.807, 2.05) is 0 Å². The maximum Gasteiger partial charge on any atom is 0.417 e. The lowest BCUT2D eigenvalue weighted by Crippen LogP contribution is -2.08. The molecule has 0 aliphatic carbocycles. The van der Waals surface area contributed by atoms with Gasteiger partial charge in [0.25, 0.3) is 0 Å². The molecule has 2 nitrogen and oxygen atoms in total. The number of nitrogens with zero attached hydrogens (tertiary/aromatic N) is 1. The van der Waals surface area contributed by atoms with Gasteiger partial charge in [-0.3, -0.25) is 4.98 Å². The number of hydrogen-bond acceptors (Lipinski definition) is 2. The van der Waals surface area contributed by atoms with Crippen molar-refractivity contribution in [3.8, 4) is 11.1 Å². The summed E-state index contributed by atoms with van der Waals surface area (Å²) in [5.74, 6) is 0. The van der Waals surface area contributed by atoms with Crippen molar-refractivity contribution < 1.29 is 18.3 Å². The lowest BCUT2D eigenvalue weighted by atomic mass is 9.98. The first-order valence-electron chi connectivity index (χ1n) is 5.66. The fourth-order valence-electron chi connectivity index (χ4n) is 1.80. The molecule has 0 atom stereocenters. The van der Waals surface area contributed by atoms with Crippen LogP contribution in [0.4, 0.5) is 13.2 Å². The zero-order chi connectivity index (χ0) is 14.0. The molecule has 0 radical (unpaired) electrons. The standard InChI is InChI=1S/C14H12F3NO/c1-9-2-4-11(7-18-9)12-5-3-10(8-19)6-13(12)14(15,16)17/h2-7,19H,8H2,1H3. The van der Waals surface area contributed by atoms with Crippen LogP contribution in [0.2, 0.25) is 0 Å². The van der Waals surface area contributed by atoms with Gasteiger partial charge < -0.3 is 5.11 Å². The van der Waals surface area contributed by atoms with Gasteiger partial charge in [0.1, 0.15) is 0 Å². The molecule has 1 N–H and O–H groups in total. The van der Waals surface area contributed by atoms with Crippen molar-refractivity contribution in [2.45, 2.75) is 19.7 Å². The Balaban J connectivity index is 2.59. The van der Waals surface area contributed by atoms with E-state index in [1.165, 1.54) is 18.3 Å². The van der Waals surface area contributed by atoms with Crippen molar-refractivity contribution in [3.05, 3.63) is 53.3 Å². The largest absolute Gasteiger partial charge is 0.417 e. The van der Waals surface area contributed by atoms with Gasteiger partial charge in [0.2, 0.25) is 0 Å². The van der Waals surface area contributed by atoms with Gasteiger partial charge >= 0.3 is 6.18 Å². The Labute approximate surface area is 108 Å². The first kappa shape index (κ1) is 13.5. The molecule has 2 rings (SSSR count). The lowest BCUT2D eigenvalue weighted by molar-refractivity contribution is -0.137. The maximum atomic E-state index is 13.0. The zero-order valence-corrected chi connectivity index (χ0v) is 10.2. The molecule has 0 saturated carbocycles. The summed E-state index contributed by atoms with van der Waals surface area (Å²) in [7, 11) is 0. The van der Waals surface area contributed by atoms with Gasteiger partial charge in [-0.25, -0.2) is 0 Å². The van der Waals surface area contributed by atoms with Crippen molar-refractivity contribution >= 4 is 0 Å². The Hall–Kier alpha value is -1.88. The quantitative estimate of drug-likeness (QED) is 0.902. The van der Waals surface area contributed by atoms with Crippen LogP contribution in [0.15, 0.2) is 36.5 Å². The second kappa shape index (κ2) is 5.01. The number of aliphatic hydroxyl groups excluding tert-OH is 1. The summed E-state index contributed by atoms with van der Waals surface area (Å²) in [6, 6.07) is 7.07. The van der Waals surface area contributed by atoms with E-state index in [2.05, 4.69) is 4.98 Å². The number of benzene rings is 1. The number of hydrogen-bond donors (Lipinski definition) is 1. The second-order valence-electron chi connectivity index (χ2n) is 4.22. The molecule has 1 heterocycles. The van der Waals surface area contributed by atoms with E-state index in [-0.39, 0.29) is 11.1 Å². The summed E-state index contributed by atoms with van der Waals surface area (Å²) < 4.78 is 39.1. The SMILES string of the molecule is Cc1ccc(-c2ccc(CO)cc2C(F)(F)F)cn1. The van der Waals surface area contributed by atoms with Crippen LogP contribution in [0.25, 0.3) is 11.1 Å². The van der Waals surface area contributed by atoms with Gasteiger partial charge in [-0.1, -0.05) is 18.2 Å². The van der Waals surface area contributed by atoms with Crippen LogP contribution in [0.5, 0.6) is 0 Å². The Morgan fingerprint density at radius 1 is 1.16 bits per heavy atom. The fourth-order valence-corrected chi connectivity index (χ4v) is 1.80. The van der Waals surface area contributed by atoms with Crippen LogP contribution < -0.4 is 0 Å². The van der Waals surface area contributed by atoms with Crippen LogP contribution in [-0.2, 0) is 12.8 Å². The number of alkyl halides is 3. The van der Waals surface area contributed by atoms with Gasteiger partial charge in [-0.2, -0.15) is 13.2 Å². The van der Waals surface area contributed by atoms with Crippen LogP contribution in [-0.4, -0.2) is 10.1 Å². The van der Waals surface area contributed by atoms with Crippen LogP contribution in [0, 0.1) is 6.92 Å². The first-order chi connectivity index (χ1) is 8.91. The molecule has 0 saturated heterocycles. The molecule has 0 spiro atoms. The Bertz CT molecular complexity index is 576. The average molecular weight is 267 g/mol. The molecular formula is C14H12F3NO. The first-order valence-corrected chi connectivity index (χ1v) is 5.66. The van der Waals surface area contributed by atoms with Gasteiger partial charge in [-0.05, 0) is 30.2 Å². The molecule has 100 valence electrons. The number of aryl methyl sites for hydroxylation is 1. The highest BCUT2D eigenvalue weighted by Gasteiger charge is 2.33. The van der Waals surface area contributed by atoms with E-state index in [1.54, 1.807) is 19.1 Å². The zero-order valence-electron chi connectivity index (χ0n) is 10.2. The summed E-state index contributed by atoms with van der Waals surface area (Å²) in [4.78, 5) is 4.00. The van der Waals surface area contributed by atoms with Gasteiger partial charge in [-0.15, -0.1) is 0 Å². The number of pyridine rings is 1. The lowest BCUT2D eigenvalue weighted by Gasteiger charge is -2.14. The van der Waals surface area contributed by atoms with E-state index in [0.29, 0.717) is 5.56 Å². The smallest absolute Gasteiger partial charge is 0.392 e. The van der Waals surface area contributed by atoms with Crippen LogP contribution in [0.1, 0.15) is 16.8 Å². The fraction of sp³-hybridized carbons (Fsp3) is 0.214. The summed E-state index contributed by atoms with van der Waals surface area (Å²) in [5, 5.41) is 8.95. The summed E-state index contributed by atoms with van der Waals surface area (Å²) in [6.07, 6.45) is -3.05. The maximum absolute atomic E-state index is 13.0. The average Bonchev–Trinajstić information content (AvgIpc) is 2.38. The van der Waals surface area contributed by atoms with E-state index < -0.39 is 18.3 Å². The Morgan fingerprint density at radius 2 is 1.89 bits per heavy atom. The highest BCUT2D eigenvalue weighted by molar-refractivity contribution is 5.67. The molecule has 1 aromatic carbocycles. The number of aromatic nitrogens is 1. The third-order valence-corrected chi connectivity index (χ3v) is 2.79. The third-order valence-electron chi connectivity index (χ3n) is 2.79. The van der Waals surface area contributed by atoms with Gasteiger partial charge in [0.15, 0.2) is 0 Å². The highest BCUT2D eigenvalue weighted by atomic mass is 19.4. The predicted molar refractivity (Wildman–Crippen MR) is 65.3 cm³/mol. The minimum atomic E-state index is -4.47. The molecule has 2 aromatic rings. The molecular weight excluding hydrogens is 255 g/mol. The normalized spacial score (nSPS) is 11.6. The highest BCUT2D eigenvalue weighted by Crippen LogP contribution is 2.37.